The Hall–Kier alpha value is -1.60. The van der Waals surface area contributed by atoms with Gasteiger partial charge in [0.05, 0.1) is 0 Å². The van der Waals surface area contributed by atoms with Crippen molar-refractivity contribution in [2.24, 2.45) is 22.2 Å². The van der Waals surface area contributed by atoms with Crippen LogP contribution in [0.3, 0.4) is 0 Å². The van der Waals surface area contributed by atoms with Gasteiger partial charge < -0.3 is 9.05 Å². The Balaban J connectivity index is 2.53. The van der Waals surface area contributed by atoms with Crippen molar-refractivity contribution in [2.45, 2.75) is 95.4 Å². The summed E-state index contributed by atoms with van der Waals surface area (Å²) in [6.07, 6.45) is 2.29. The molecule has 188 valence electrons. The molecule has 0 aromatic heterocycles. The Morgan fingerprint density at radius 1 is 0.794 bits per heavy atom. The van der Waals surface area contributed by atoms with Gasteiger partial charge in [0.2, 0.25) is 0 Å². The Labute approximate surface area is 208 Å². The van der Waals surface area contributed by atoms with Gasteiger partial charge in [0, 0.05) is 28.2 Å². The Kier molecular flexibility index (Phi) is 6.76. The predicted molar refractivity (Wildman–Crippen MR) is 144 cm³/mol. The second-order valence-electron chi connectivity index (χ2n) is 14.0. The summed E-state index contributed by atoms with van der Waals surface area (Å²) >= 11 is 0. The molecule has 34 heavy (non-hydrogen) atoms. The van der Waals surface area contributed by atoms with Gasteiger partial charge in [-0.3, -0.25) is 0 Å². The molecule has 2 aliphatic rings. The zero-order valence-corrected chi connectivity index (χ0v) is 24.4. The average molecular weight is 487 g/mol. The minimum Gasteiger partial charge on any atom is -0.414 e. The molecule has 1 aliphatic heterocycles. The number of benzene rings is 1. The van der Waals surface area contributed by atoms with Crippen LogP contribution >= 0.6 is 8.69 Å². The first-order chi connectivity index (χ1) is 15.2. The third kappa shape index (κ3) is 5.01. The summed E-state index contributed by atoms with van der Waals surface area (Å²) in [5.41, 5.74) is 6.03. The van der Waals surface area contributed by atoms with Crippen LogP contribution in [0.2, 0.25) is 0 Å². The molecule has 0 bridgehead atoms. The van der Waals surface area contributed by atoms with E-state index in [1.807, 2.05) is 6.07 Å². The first kappa shape index (κ1) is 27.0. The third-order valence-corrected chi connectivity index (χ3v) is 7.54. The highest BCUT2D eigenvalue weighted by atomic mass is 31.2. The molecule has 2 nitrogen and oxygen atoms in total. The lowest BCUT2D eigenvalue weighted by Gasteiger charge is -2.46. The minimum absolute atomic E-state index is 0.0529. The number of fused-ring (bicyclic) bond motifs is 2. The molecule has 0 spiro atoms. The van der Waals surface area contributed by atoms with Gasteiger partial charge in [0.15, 0.2) is 0 Å². The monoisotopic (exact) mass is 486 g/mol. The lowest BCUT2D eigenvalue weighted by atomic mass is 9.60. The zero-order valence-electron chi connectivity index (χ0n) is 23.5. The van der Waals surface area contributed by atoms with Crippen LogP contribution in [0.15, 0.2) is 46.8 Å². The van der Waals surface area contributed by atoms with Crippen molar-refractivity contribution in [1.82, 2.24) is 0 Å². The lowest BCUT2D eigenvalue weighted by Crippen LogP contribution is -2.35. The molecule has 0 saturated heterocycles. The fourth-order valence-corrected chi connectivity index (χ4v) is 5.87. The Morgan fingerprint density at radius 2 is 1.38 bits per heavy atom. The minimum atomic E-state index is -2.64. The summed E-state index contributed by atoms with van der Waals surface area (Å²) in [6.45, 7) is 28.7. The SMILES string of the molecule is C/C1=C2/C(=C(C(C)(C)C)C=C(C(C)(C)C)C2C(C)(C)C)OP(F)Oc2c1cccc2C(C)(C)C. The van der Waals surface area contributed by atoms with Crippen LogP contribution in [0.5, 0.6) is 5.75 Å². The summed E-state index contributed by atoms with van der Waals surface area (Å²) in [7, 11) is -2.64. The second-order valence-corrected chi connectivity index (χ2v) is 14.8. The van der Waals surface area contributed by atoms with Gasteiger partial charge in [-0.1, -0.05) is 113 Å². The van der Waals surface area contributed by atoms with E-state index in [9.17, 15) is 0 Å². The van der Waals surface area contributed by atoms with Crippen molar-refractivity contribution < 1.29 is 13.2 Å². The number of para-hydroxylation sites is 1. The van der Waals surface area contributed by atoms with Gasteiger partial charge in [0.25, 0.3) is 0 Å². The topological polar surface area (TPSA) is 18.5 Å². The zero-order chi connectivity index (χ0) is 26.0. The number of allylic oxidation sites excluding steroid dienone is 5. The van der Waals surface area contributed by atoms with E-state index in [4.69, 9.17) is 9.05 Å². The van der Waals surface area contributed by atoms with Crippen LogP contribution in [0.1, 0.15) is 101 Å². The molecular formula is C30H44FO2P. The molecule has 3 rings (SSSR count). The third-order valence-electron chi connectivity index (χ3n) is 6.89. The summed E-state index contributed by atoms with van der Waals surface area (Å²) < 4.78 is 27.8. The van der Waals surface area contributed by atoms with E-state index in [0.29, 0.717) is 11.5 Å². The highest BCUT2D eigenvalue weighted by molar-refractivity contribution is 7.41. The van der Waals surface area contributed by atoms with E-state index in [0.717, 1.165) is 27.8 Å². The highest BCUT2D eigenvalue weighted by Gasteiger charge is 2.46. The molecule has 0 amide bonds. The van der Waals surface area contributed by atoms with E-state index in [1.165, 1.54) is 5.57 Å². The van der Waals surface area contributed by atoms with Crippen LogP contribution < -0.4 is 4.52 Å². The van der Waals surface area contributed by atoms with E-state index < -0.39 is 8.69 Å². The fraction of sp³-hybridized carbons (Fsp3) is 0.600. The van der Waals surface area contributed by atoms with Crippen LogP contribution in [0.4, 0.5) is 4.20 Å². The molecule has 2 atom stereocenters. The summed E-state index contributed by atoms with van der Waals surface area (Å²) in [4.78, 5) is 0. The molecule has 4 heteroatoms. The van der Waals surface area contributed by atoms with Crippen molar-refractivity contribution in [3.63, 3.8) is 0 Å². The normalized spacial score (nSPS) is 24.4. The predicted octanol–water partition coefficient (Wildman–Crippen LogP) is 10.3. The number of halogens is 1. The molecular weight excluding hydrogens is 442 g/mol. The standard InChI is InChI=1S/C30H44FO2P/c1-18-19-15-14-16-20(27(2,3)4)25(19)32-34(31)33-26-22(29(8,9)10)17-21(28(5,6)7)24(23(18)26)30(11,12)13/h14-17,24H,1-13H3/b23-18-. The maximum atomic E-state index is 15.6. The molecule has 1 aromatic carbocycles. The van der Waals surface area contributed by atoms with Crippen molar-refractivity contribution in [2.75, 3.05) is 0 Å². The van der Waals surface area contributed by atoms with Crippen LogP contribution in [0, 0.1) is 22.2 Å². The molecule has 0 fully saturated rings. The maximum Gasteiger partial charge on any atom is 0.505 e. The summed E-state index contributed by atoms with van der Waals surface area (Å²) in [6, 6.07) is 6.19. The number of hydrogen-bond acceptors (Lipinski definition) is 2. The smallest absolute Gasteiger partial charge is 0.414 e. The largest absolute Gasteiger partial charge is 0.505 e. The van der Waals surface area contributed by atoms with Gasteiger partial charge >= 0.3 is 8.69 Å². The van der Waals surface area contributed by atoms with E-state index in [2.05, 4.69) is 108 Å². The van der Waals surface area contributed by atoms with E-state index in [1.54, 1.807) is 0 Å². The number of hydrogen-bond donors (Lipinski definition) is 0. The van der Waals surface area contributed by atoms with Crippen molar-refractivity contribution in [1.29, 1.82) is 0 Å². The number of rotatable bonds is 0. The fourth-order valence-electron chi connectivity index (χ4n) is 5.16. The Bertz CT molecular complexity index is 1060. The van der Waals surface area contributed by atoms with E-state index >= 15 is 4.20 Å². The molecule has 0 N–H and O–H groups in total. The second kappa shape index (κ2) is 8.51. The molecule has 0 saturated carbocycles. The van der Waals surface area contributed by atoms with Crippen LogP contribution in [-0.4, -0.2) is 0 Å². The van der Waals surface area contributed by atoms with Crippen molar-refractivity contribution in [3.05, 3.63) is 57.9 Å². The first-order valence-corrected chi connectivity index (χ1v) is 13.4. The molecule has 1 aromatic rings. The quantitative estimate of drug-likeness (QED) is 0.340. The molecule has 2 unspecified atom stereocenters. The highest BCUT2D eigenvalue weighted by Crippen LogP contribution is 2.60. The summed E-state index contributed by atoms with van der Waals surface area (Å²) in [5.74, 6) is 1.36. The van der Waals surface area contributed by atoms with Crippen molar-refractivity contribution >= 4 is 14.3 Å². The van der Waals surface area contributed by atoms with Gasteiger partial charge in [-0.25, -0.2) is 0 Å². The van der Waals surface area contributed by atoms with E-state index in [-0.39, 0.29) is 27.6 Å². The molecule has 0 radical (unpaired) electrons. The maximum absolute atomic E-state index is 15.6. The van der Waals surface area contributed by atoms with Gasteiger partial charge in [0.1, 0.15) is 11.5 Å². The molecule has 1 aliphatic carbocycles. The van der Waals surface area contributed by atoms with Crippen LogP contribution in [0.25, 0.3) is 5.57 Å². The van der Waals surface area contributed by atoms with Gasteiger partial charge in [-0.05, 0) is 34.2 Å². The van der Waals surface area contributed by atoms with Gasteiger partial charge in [-0.15, -0.1) is 4.20 Å². The average Bonchev–Trinajstić information content (AvgIpc) is 2.62. The van der Waals surface area contributed by atoms with Gasteiger partial charge in [-0.2, -0.15) is 0 Å². The van der Waals surface area contributed by atoms with Crippen molar-refractivity contribution in [3.8, 4) is 5.75 Å². The summed E-state index contributed by atoms with van der Waals surface area (Å²) in [5, 5.41) is 0. The first-order valence-electron chi connectivity index (χ1n) is 12.4. The lowest BCUT2D eigenvalue weighted by molar-refractivity contribution is 0.253. The van der Waals surface area contributed by atoms with Crippen LogP contribution in [-0.2, 0) is 9.94 Å². The molecule has 1 heterocycles. The Morgan fingerprint density at radius 3 is 1.85 bits per heavy atom.